The molecule has 0 bridgehead atoms. The van der Waals surface area contributed by atoms with E-state index in [4.69, 9.17) is 15.0 Å². The molecule has 0 aliphatic heterocycles. The van der Waals surface area contributed by atoms with E-state index in [0.29, 0.717) is 29.6 Å². The Hall–Kier alpha value is -3.08. The van der Waals surface area contributed by atoms with E-state index in [0.717, 1.165) is 11.1 Å². The van der Waals surface area contributed by atoms with Gasteiger partial charge >= 0.3 is 0 Å². The van der Waals surface area contributed by atoms with Crippen LogP contribution in [0.2, 0.25) is 0 Å². The minimum atomic E-state index is 0.220. The first-order valence-corrected chi connectivity index (χ1v) is 7.72. The van der Waals surface area contributed by atoms with E-state index >= 15 is 0 Å². The Labute approximate surface area is 140 Å². The van der Waals surface area contributed by atoms with E-state index in [1.807, 2.05) is 67.6 Å². The quantitative estimate of drug-likeness (QED) is 0.427. The Morgan fingerprint density at radius 1 is 1.08 bits per heavy atom. The van der Waals surface area contributed by atoms with Crippen LogP contribution in [0.3, 0.4) is 0 Å². The number of oxazole rings is 1. The maximum atomic E-state index is 5.89. The summed E-state index contributed by atoms with van der Waals surface area (Å²) in [6.45, 7) is 2.08. The van der Waals surface area contributed by atoms with Crippen molar-refractivity contribution in [3.8, 4) is 11.5 Å². The van der Waals surface area contributed by atoms with Crippen LogP contribution in [-0.4, -0.2) is 10.8 Å². The molecule has 122 valence electrons. The molecule has 3 rings (SSSR count). The van der Waals surface area contributed by atoms with Gasteiger partial charge in [-0.25, -0.2) is 4.98 Å². The highest BCUT2D eigenvalue weighted by atomic mass is 16.6. The molecule has 0 aliphatic rings. The average molecular weight is 321 g/mol. The van der Waals surface area contributed by atoms with Crippen molar-refractivity contribution in [3.63, 3.8) is 0 Å². The van der Waals surface area contributed by atoms with E-state index in [1.165, 1.54) is 0 Å². The number of benzene rings is 2. The van der Waals surface area contributed by atoms with E-state index in [-0.39, 0.29) is 6.61 Å². The first-order valence-electron chi connectivity index (χ1n) is 7.72. The van der Waals surface area contributed by atoms with Crippen molar-refractivity contribution in [2.45, 2.75) is 20.0 Å². The van der Waals surface area contributed by atoms with Crippen LogP contribution in [0, 0.1) is 6.92 Å². The number of nitrogens with two attached hydrogens (primary N) is 1. The second kappa shape index (κ2) is 7.46. The van der Waals surface area contributed by atoms with E-state index in [9.17, 15) is 0 Å². The third-order valence-electron chi connectivity index (χ3n) is 3.52. The van der Waals surface area contributed by atoms with E-state index in [2.05, 4.69) is 10.1 Å². The molecule has 0 saturated heterocycles. The van der Waals surface area contributed by atoms with Crippen molar-refractivity contribution in [3.05, 3.63) is 77.7 Å². The zero-order valence-electron chi connectivity index (χ0n) is 13.5. The fourth-order valence-electron chi connectivity index (χ4n) is 2.28. The Morgan fingerprint density at radius 3 is 2.46 bits per heavy atom. The lowest BCUT2D eigenvalue weighted by molar-refractivity contribution is 0.126. The highest BCUT2D eigenvalue weighted by molar-refractivity contribution is 5.82. The predicted molar refractivity (Wildman–Crippen MR) is 93.2 cm³/mol. The lowest BCUT2D eigenvalue weighted by atomic mass is 10.1. The van der Waals surface area contributed by atoms with Crippen LogP contribution in [-0.2, 0) is 17.9 Å². The van der Waals surface area contributed by atoms with Gasteiger partial charge < -0.3 is 15.0 Å². The number of rotatable bonds is 6. The highest BCUT2D eigenvalue weighted by Crippen LogP contribution is 2.21. The molecule has 2 N–H and O–H groups in total. The topological polar surface area (TPSA) is 73.6 Å². The Morgan fingerprint density at radius 2 is 1.75 bits per heavy atom. The van der Waals surface area contributed by atoms with Gasteiger partial charge in [-0.05, 0) is 24.6 Å². The molecular formula is C19H19N3O2. The zero-order chi connectivity index (χ0) is 16.8. The molecular weight excluding hydrogens is 302 g/mol. The van der Waals surface area contributed by atoms with Gasteiger partial charge in [0.05, 0.1) is 0 Å². The van der Waals surface area contributed by atoms with Crippen molar-refractivity contribution < 1.29 is 9.25 Å². The summed E-state index contributed by atoms with van der Waals surface area (Å²) in [5.41, 5.74) is 8.62. The van der Waals surface area contributed by atoms with Crippen molar-refractivity contribution >= 4 is 5.84 Å². The number of nitrogens with zero attached hydrogens (tertiary/aromatic N) is 2. The van der Waals surface area contributed by atoms with Crippen molar-refractivity contribution in [2.75, 3.05) is 0 Å². The minimum Gasteiger partial charge on any atom is -0.441 e. The largest absolute Gasteiger partial charge is 0.441 e. The second-order valence-corrected chi connectivity index (χ2v) is 5.41. The second-order valence-electron chi connectivity index (χ2n) is 5.41. The molecule has 24 heavy (non-hydrogen) atoms. The number of oxime groups is 1. The molecule has 0 atom stereocenters. The van der Waals surface area contributed by atoms with Gasteiger partial charge in [-0.15, -0.1) is 0 Å². The molecule has 0 amide bonds. The summed E-state index contributed by atoms with van der Waals surface area (Å²) in [5.74, 6) is 1.71. The number of hydrogen-bond donors (Lipinski definition) is 1. The fraction of sp³-hybridized carbons (Fsp3) is 0.158. The number of aryl methyl sites for hydroxylation is 1. The molecule has 0 fully saturated rings. The third-order valence-corrected chi connectivity index (χ3v) is 3.52. The first-order chi connectivity index (χ1) is 11.7. The van der Waals surface area contributed by atoms with Gasteiger partial charge in [0, 0.05) is 12.0 Å². The Kier molecular flexibility index (Phi) is 4.91. The molecule has 0 unspecified atom stereocenters. The van der Waals surface area contributed by atoms with Gasteiger partial charge in [-0.3, -0.25) is 0 Å². The normalized spacial score (nSPS) is 11.5. The minimum absolute atomic E-state index is 0.220. The molecule has 5 heteroatoms. The van der Waals surface area contributed by atoms with Crippen LogP contribution in [0.1, 0.15) is 17.0 Å². The molecule has 0 aliphatic carbocycles. The Balaban J connectivity index is 1.61. The summed E-state index contributed by atoms with van der Waals surface area (Å²) < 4.78 is 5.68. The maximum Gasteiger partial charge on any atom is 0.226 e. The fourth-order valence-corrected chi connectivity index (χ4v) is 2.28. The van der Waals surface area contributed by atoms with Crippen molar-refractivity contribution in [1.29, 1.82) is 0 Å². The number of aromatic nitrogens is 1. The van der Waals surface area contributed by atoms with Gasteiger partial charge in [0.15, 0.2) is 6.61 Å². The molecule has 2 aromatic carbocycles. The van der Waals surface area contributed by atoms with Crippen LogP contribution >= 0.6 is 0 Å². The van der Waals surface area contributed by atoms with E-state index < -0.39 is 0 Å². The standard InChI is InChI=1S/C19H19N3O2/c1-14-17(21-19(24-14)16-10-6-3-7-11-16)13-23-22-18(20)12-15-8-4-2-5-9-15/h2-11H,12-13H2,1H3,(H2,20,22). The lowest BCUT2D eigenvalue weighted by Gasteiger charge is -2.01. The van der Waals surface area contributed by atoms with Gasteiger partial charge in [-0.2, -0.15) is 0 Å². The first kappa shape index (κ1) is 15.8. The SMILES string of the molecule is Cc1oc(-c2ccccc2)nc1CO/N=C(/N)Cc1ccccc1. The smallest absolute Gasteiger partial charge is 0.226 e. The van der Waals surface area contributed by atoms with Crippen LogP contribution in [0.15, 0.2) is 70.2 Å². The Bertz CT molecular complexity index is 811. The van der Waals surface area contributed by atoms with Crippen molar-refractivity contribution in [2.24, 2.45) is 10.9 Å². The summed E-state index contributed by atoms with van der Waals surface area (Å²) in [5, 5.41) is 3.95. The molecule has 1 heterocycles. The molecule has 5 nitrogen and oxygen atoms in total. The summed E-state index contributed by atoms with van der Waals surface area (Å²) in [7, 11) is 0. The summed E-state index contributed by atoms with van der Waals surface area (Å²) in [6.07, 6.45) is 0.550. The highest BCUT2D eigenvalue weighted by Gasteiger charge is 2.11. The van der Waals surface area contributed by atoms with Crippen LogP contribution in [0.5, 0.6) is 0 Å². The third kappa shape index (κ3) is 4.01. The van der Waals surface area contributed by atoms with Gasteiger partial charge in [0.1, 0.15) is 17.3 Å². The summed E-state index contributed by atoms with van der Waals surface area (Å²) >= 11 is 0. The molecule has 0 radical (unpaired) electrons. The summed E-state index contributed by atoms with van der Waals surface area (Å²) in [4.78, 5) is 9.78. The summed E-state index contributed by atoms with van der Waals surface area (Å²) in [6, 6.07) is 19.6. The van der Waals surface area contributed by atoms with Gasteiger partial charge in [-0.1, -0.05) is 53.7 Å². The average Bonchev–Trinajstić information content (AvgIpc) is 2.98. The number of hydrogen-bond acceptors (Lipinski definition) is 4. The molecule has 0 spiro atoms. The van der Waals surface area contributed by atoms with E-state index in [1.54, 1.807) is 0 Å². The number of amidine groups is 1. The molecule has 0 saturated carbocycles. The maximum absolute atomic E-state index is 5.89. The lowest BCUT2D eigenvalue weighted by Crippen LogP contribution is -2.15. The van der Waals surface area contributed by atoms with Gasteiger partial charge in [0.25, 0.3) is 0 Å². The van der Waals surface area contributed by atoms with Crippen LogP contribution in [0.25, 0.3) is 11.5 Å². The predicted octanol–water partition coefficient (Wildman–Crippen LogP) is 3.68. The van der Waals surface area contributed by atoms with Crippen LogP contribution < -0.4 is 5.73 Å². The molecule has 3 aromatic rings. The monoisotopic (exact) mass is 321 g/mol. The van der Waals surface area contributed by atoms with Crippen molar-refractivity contribution in [1.82, 2.24) is 4.98 Å². The molecule has 1 aromatic heterocycles. The zero-order valence-corrected chi connectivity index (χ0v) is 13.5. The van der Waals surface area contributed by atoms with Gasteiger partial charge in [0.2, 0.25) is 5.89 Å². The van der Waals surface area contributed by atoms with Crippen LogP contribution in [0.4, 0.5) is 0 Å².